The monoisotopic (exact) mass is 364 g/mol. The maximum atomic E-state index is 12.1. The lowest BCUT2D eigenvalue weighted by Gasteiger charge is -2.70. The molecule has 4 heteroatoms. The fourth-order valence-electron chi connectivity index (χ4n) is 8.03. The van der Waals surface area contributed by atoms with E-state index in [2.05, 4.69) is 6.92 Å². The third-order valence-electron chi connectivity index (χ3n) is 9.34. The van der Waals surface area contributed by atoms with Gasteiger partial charge in [0, 0.05) is 0 Å². The molecule has 5 rings (SSSR count). The van der Waals surface area contributed by atoms with E-state index in [1.165, 1.54) is 0 Å². The van der Waals surface area contributed by atoms with Crippen molar-refractivity contribution in [1.29, 1.82) is 0 Å². The molecule has 0 aromatic rings. The van der Waals surface area contributed by atoms with Crippen molar-refractivity contribution in [2.24, 2.45) is 34.0 Å². The van der Waals surface area contributed by atoms with E-state index in [0.717, 1.165) is 64.2 Å². The summed E-state index contributed by atoms with van der Waals surface area (Å²) in [6.45, 7) is 4.35. The molecule has 0 amide bonds. The number of hydrogen-bond acceptors (Lipinski definition) is 3. The average Bonchev–Trinajstić information content (AvgIpc) is 2.55. The van der Waals surface area contributed by atoms with Crippen LogP contribution in [0.3, 0.4) is 0 Å². The van der Waals surface area contributed by atoms with Gasteiger partial charge in [0.05, 0.1) is 11.0 Å². The lowest BCUT2D eigenvalue weighted by molar-refractivity contribution is -0.243. The molecule has 0 heterocycles. The van der Waals surface area contributed by atoms with Crippen molar-refractivity contribution in [3.63, 3.8) is 0 Å². The van der Waals surface area contributed by atoms with Gasteiger partial charge in [-0.25, -0.2) is 0 Å². The van der Waals surface area contributed by atoms with E-state index >= 15 is 0 Å². The molecule has 0 aromatic heterocycles. The largest absolute Gasteiger partial charge is 0.481 e. The molecule has 0 aromatic carbocycles. The maximum Gasteiger partial charge on any atom is 0.309 e. The number of carbonyl (C=O) groups is 1. The van der Waals surface area contributed by atoms with Crippen LogP contribution in [0.1, 0.15) is 78.1 Å². The normalized spacial score (nSPS) is 54.4. The highest BCUT2D eigenvalue weighted by atomic mass is 32.1. The molecule has 0 radical (unpaired) electrons. The van der Waals surface area contributed by atoms with Crippen LogP contribution in [0, 0.1) is 34.0 Å². The predicted octanol–water partition coefficient (Wildman–Crippen LogP) is 4.60. The van der Waals surface area contributed by atoms with E-state index in [9.17, 15) is 15.0 Å². The molecule has 5 saturated carbocycles. The lowest BCUT2D eigenvalue weighted by atomic mass is 9.35. The molecule has 5 fully saturated rings. The Morgan fingerprint density at radius 3 is 2.56 bits per heavy atom. The number of thiocarbonyl (C=S) groups is 1. The number of rotatable bonds is 3. The SMILES string of the molecule is CC1(C(=O)O)CCCC2(C)C3CC4(O)CCC3(CCC12)CC4CC=S. The molecule has 140 valence electrons. The third-order valence-corrected chi connectivity index (χ3v) is 9.53. The van der Waals surface area contributed by atoms with Crippen molar-refractivity contribution in [3.8, 4) is 0 Å². The summed E-state index contributed by atoms with van der Waals surface area (Å²) < 4.78 is 0. The Balaban J connectivity index is 1.73. The van der Waals surface area contributed by atoms with Gasteiger partial charge in [-0.2, -0.15) is 0 Å². The molecular weight excluding hydrogens is 332 g/mol. The lowest BCUT2D eigenvalue weighted by Crippen LogP contribution is -2.66. The summed E-state index contributed by atoms with van der Waals surface area (Å²) in [5, 5.41) is 23.2. The highest BCUT2D eigenvalue weighted by Gasteiger charge is 2.68. The van der Waals surface area contributed by atoms with E-state index in [-0.39, 0.29) is 11.3 Å². The van der Waals surface area contributed by atoms with Crippen molar-refractivity contribution >= 4 is 23.6 Å². The van der Waals surface area contributed by atoms with Crippen molar-refractivity contribution in [1.82, 2.24) is 0 Å². The fraction of sp³-hybridized carbons (Fsp3) is 0.905. The third kappa shape index (κ3) is 2.25. The zero-order valence-electron chi connectivity index (χ0n) is 15.6. The molecular formula is C21H32O3S. The van der Waals surface area contributed by atoms with Gasteiger partial charge >= 0.3 is 5.97 Å². The summed E-state index contributed by atoms with van der Waals surface area (Å²) in [6.07, 6.45) is 9.95. The smallest absolute Gasteiger partial charge is 0.309 e. The maximum absolute atomic E-state index is 12.1. The molecule has 2 N–H and O–H groups in total. The topological polar surface area (TPSA) is 57.5 Å². The van der Waals surface area contributed by atoms with Gasteiger partial charge in [0.1, 0.15) is 0 Å². The zero-order valence-corrected chi connectivity index (χ0v) is 16.4. The first-order valence-corrected chi connectivity index (χ1v) is 10.6. The Morgan fingerprint density at radius 2 is 1.88 bits per heavy atom. The summed E-state index contributed by atoms with van der Waals surface area (Å²) in [5.41, 5.74) is -0.804. The Hall–Kier alpha value is -0.480. The second kappa shape index (κ2) is 5.51. The van der Waals surface area contributed by atoms with Crippen LogP contribution in [0.2, 0.25) is 0 Å². The molecule has 7 atom stereocenters. The second-order valence-electron chi connectivity index (χ2n) is 10.2. The molecule has 7 unspecified atom stereocenters. The van der Waals surface area contributed by atoms with Crippen LogP contribution in [-0.4, -0.2) is 27.2 Å². The van der Waals surface area contributed by atoms with Crippen molar-refractivity contribution < 1.29 is 15.0 Å². The number of aliphatic carboxylic acids is 1. The summed E-state index contributed by atoms with van der Waals surface area (Å²) >= 11 is 5.11. The van der Waals surface area contributed by atoms with Crippen molar-refractivity contribution in [2.75, 3.05) is 0 Å². The Morgan fingerprint density at radius 1 is 1.12 bits per heavy atom. The van der Waals surface area contributed by atoms with Gasteiger partial charge in [0.15, 0.2) is 0 Å². The van der Waals surface area contributed by atoms with E-state index < -0.39 is 17.0 Å². The van der Waals surface area contributed by atoms with E-state index in [4.69, 9.17) is 12.2 Å². The Bertz CT molecular complexity index is 606. The second-order valence-corrected chi connectivity index (χ2v) is 10.5. The van der Waals surface area contributed by atoms with Gasteiger partial charge in [-0.1, -0.05) is 25.6 Å². The summed E-state index contributed by atoms with van der Waals surface area (Å²) in [4.78, 5) is 12.1. The molecule has 3 nitrogen and oxygen atoms in total. The van der Waals surface area contributed by atoms with E-state index in [1.807, 2.05) is 12.3 Å². The number of hydrogen-bond donors (Lipinski definition) is 2. The van der Waals surface area contributed by atoms with Crippen molar-refractivity contribution in [3.05, 3.63) is 0 Å². The summed E-state index contributed by atoms with van der Waals surface area (Å²) in [6, 6.07) is 0. The summed E-state index contributed by atoms with van der Waals surface area (Å²) in [7, 11) is 0. The first-order valence-electron chi connectivity index (χ1n) is 10.1. The van der Waals surface area contributed by atoms with Gasteiger partial charge in [0.2, 0.25) is 0 Å². The van der Waals surface area contributed by atoms with E-state index in [1.54, 1.807) is 0 Å². The predicted molar refractivity (Wildman–Crippen MR) is 102 cm³/mol. The van der Waals surface area contributed by atoms with Crippen LogP contribution in [0.25, 0.3) is 0 Å². The quantitative estimate of drug-likeness (QED) is 0.718. The van der Waals surface area contributed by atoms with Crippen molar-refractivity contribution in [2.45, 2.75) is 83.7 Å². The van der Waals surface area contributed by atoms with Crippen LogP contribution in [0.5, 0.6) is 0 Å². The zero-order chi connectivity index (χ0) is 18.1. The molecule has 0 aliphatic heterocycles. The first kappa shape index (κ1) is 17.9. The first-order chi connectivity index (χ1) is 11.7. The van der Waals surface area contributed by atoms with Crippen LogP contribution in [0.15, 0.2) is 0 Å². The number of carboxylic acid groups (broad SMARTS) is 1. The minimum atomic E-state index is -0.613. The van der Waals surface area contributed by atoms with Gasteiger partial charge in [-0.3, -0.25) is 4.79 Å². The Labute approximate surface area is 156 Å². The van der Waals surface area contributed by atoms with Crippen LogP contribution < -0.4 is 0 Å². The highest BCUT2D eigenvalue weighted by molar-refractivity contribution is 7.78. The van der Waals surface area contributed by atoms with Gasteiger partial charge < -0.3 is 10.2 Å². The number of carboxylic acids is 1. The molecule has 25 heavy (non-hydrogen) atoms. The van der Waals surface area contributed by atoms with Crippen LogP contribution in [0.4, 0.5) is 0 Å². The fourth-order valence-corrected chi connectivity index (χ4v) is 8.26. The molecule has 2 bridgehead atoms. The number of fused-ring (bicyclic) bond motifs is 3. The van der Waals surface area contributed by atoms with Gasteiger partial charge in [0.25, 0.3) is 0 Å². The number of aliphatic hydroxyl groups is 1. The highest BCUT2D eigenvalue weighted by Crippen LogP contribution is 2.73. The molecule has 1 spiro atoms. The molecule has 0 saturated heterocycles. The average molecular weight is 365 g/mol. The van der Waals surface area contributed by atoms with Gasteiger partial charge in [-0.05, 0) is 98.7 Å². The molecule has 5 aliphatic rings. The van der Waals surface area contributed by atoms with Crippen LogP contribution in [-0.2, 0) is 4.79 Å². The summed E-state index contributed by atoms with van der Waals surface area (Å²) in [5.74, 6) is 0.411. The standard InChI is InChI=1S/C21H32O3S/c1-18-6-3-7-19(2,17(22)23)15(18)4-8-20-9-10-21(24,13-16(18)20)14(12-20)5-11-25/h11,14-16,24H,3-10,12-13H2,1-2H3,(H,22,23). The van der Waals surface area contributed by atoms with E-state index in [0.29, 0.717) is 17.3 Å². The Kier molecular flexibility index (Phi) is 3.95. The molecule has 5 aliphatic carbocycles. The van der Waals surface area contributed by atoms with Crippen LogP contribution >= 0.6 is 12.2 Å². The minimum absolute atomic E-state index is 0.0562. The minimum Gasteiger partial charge on any atom is -0.481 e. The van der Waals surface area contributed by atoms with Gasteiger partial charge in [-0.15, -0.1) is 0 Å².